The second-order valence-corrected chi connectivity index (χ2v) is 9.57. The number of nitrogens with zero attached hydrogens (tertiary/aromatic N) is 3. The van der Waals surface area contributed by atoms with E-state index in [1.54, 1.807) is 0 Å². The van der Waals surface area contributed by atoms with Gasteiger partial charge >= 0.3 is 0 Å². The molecule has 1 aliphatic heterocycles. The van der Waals surface area contributed by atoms with Crippen molar-refractivity contribution < 1.29 is 9.53 Å². The molecule has 1 aliphatic rings. The molecule has 1 fully saturated rings. The van der Waals surface area contributed by atoms with Crippen molar-refractivity contribution in [3.63, 3.8) is 0 Å². The number of aromatic nitrogens is 1. The van der Waals surface area contributed by atoms with Crippen LogP contribution in [0.2, 0.25) is 0 Å². The maximum absolute atomic E-state index is 13.1. The molecular formula is C28H36N4O2. The van der Waals surface area contributed by atoms with Gasteiger partial charge in [0.1, 0.15) is 5.75 Å². The van der Waals surface area contributed by atoms with Crippen LogP contribution in [-0.2, 0) is 11.3 Å². The Morgan fingerprint density at radius 2 is 1.85 bits per heavy atom. The highest BCUT2D eigenvalue weighted by Gasteiger charge is 2.29. The number of benzene rings is 2. The van der Waals surface area contributed by atoms with Crippen LogP contribution in [-0.4, -0.2) is 53.0 Å². The number of hydrogen-bond donors (Lipinski definition) is 1. The summed E-state index contributed by atoms with van der Waals surface area (Å²) in [5, 5.41) is 1.17. The van der Waals surface area contributed by atoms with E-state index in [1.807, 2.05) is 57.8 Å². The zero-order chi connectivity index (χ0) is 24.4. The van der Waals surface area contributed by atoms with Crippen molar-refractivity contribution in [1.82, 2.24) is 14.8 Å². The van der Waals surface area contributed by atoms with E-state index in [1.165, 1.54) is 5.39 Å². The van der Waals surface area contributed by atoms with E-state index in [0.29, 0.717) is 0 Å². The normalized spacial score (nSPS) is 15.9. The molecule has 1 aromatic heterocycles. The molecule has 2 N–H and O–H groups in total. The number of nitrogens with two attached hydrogens (primary N) is 1. The SMILES string of the molecule is Cc1cc(OC(C)C(=O)N(C)C2CCN(Cc3ccc4ccccc4n3)CC2)c(C)c(C)c1N. The van der Waals surface area contributed by atoms with Crippen molar-refractivity contribution in [3.05, 3.63) is 64.8 Å². The van der Waals surface area contributed by atoms with Gasteiger partial charge in [-0.2, -0.15) is 0 Å². The Kier molecular flexibility index (Phi) is 7.08. The predicted molar refractivity (Wildman–Crippen MR) is 138 cm³/mol. The Hall–Kier alpha value is -3.12. The molecule has 0 saturated carbocycles. The largest absolute Gasteiger partial charge is 0.481 e. The molecule has 180 valence electrons. The Bertz CT molecular complexity index is 1180. The number of likely N-dealkylation sites (N-methyl/N-ethyl adjacent to an activating group) is 1. The number of hydrogen-bond acceptors (Lipinski definition) is 5. The van der Waals surface area contributed by atoms with Crippen LogP contribution in [0.15, 0.2) is 42.5 Å². The summed E-state index contributed by atoms with van der Waals surface area (Å²) in [5.41, 5.74) is 12.0. The molecule has 0 aliphatic carbocycles. The number of para-hydroxylation sites is 1. The minimum atomic E-state index is -0.550. The van der Waals surface area contributed by atoms with Crippen LogP contribution in [0.25, 0.3) is 10.9 Å². The van der Waals surface area contributed by atoms with E-state index in [9.17, 15) is 4.79 Å². The van der Waals surface area contributed by atoms with Gasteiger partial charge in [-0.1, -0.05) is 24.3 Å². The molecular weight excluding hydrogens is 424 g/mol. The number of carbonyl (C=O) groups is 1. The third-order valence-corrected chi connectivity index (χ3v) is 7.25. The number of nitrogen functional groups attached to an aromatic ring is 1. The zero-order valence-corrected chi connectivity index (χ0v) is 21.0. The van der Waals surface area contributed by atoms with Crippen LogP contribution in [0.1, 0.15) is 42.1 Å². The molecule has 0 bridgehead atoms. The molecule has 6 nitrogen and oxygen atoms in total. The number of fused-ring (bicyclic) bond motifs is 1. The average Bonchev–Trinajstić information content (AvgIpc) is 2.85. The predicted octanol–water partition coefficient (Wildman–Crippen LogP) is 4.63. The summed E-state index contributed by atoms with van der Waals surface area (Å²) in [6.07, 6.45) is 1.34. The van der Waals surface area contributed by atoms with Gasteiger partial charge < -0.3 is 15.4 Å². The number of likely N-dealkylation sites (tertiary alicyclic amines) is 1. The molecule has 1 atom stereocenters. The lowest BCUT2D eigenvalue weighted by Gasteiger charge is -2.37. The Balaban J connectivity index is 1.32. The third-order valence-electron chi connectivity index (χ3n) is 7.25. The lowest BCUT2D eigenvalue weighted by atomic mass is 10.0. The molecule has 34 heavy (non-hydrogen) atoms. The fraction of sp³-hybridized carbons (Fsp3) is 0.429. The molecule has 3 aromatic rings. The van der Waals surface area contributed by atoms with Crippen LogP contribution in [0.5, 0.6) is 5.75 Å². The first-order valence-corrected chi connectivity index (χ1v) is 12.1. The van der Waals surface area contributed by atoms with E-state index in [2.05, 4.69) is 29.2 Å². The van der Waals surface area contributed by atoms with Gasteiger partial charge in [0.05, 0.1) is 11.2 Å². The monoisotopic (exact) mass is 460 g/mol. The van der Waals surface area contributed by atoms with Crippen molar-refractivity contribution in [1.29, 1.82) is 0 Å². The molecule has 2 aromatic carbocycles. The average molecular weight is 461 g/mol. The number of pyridine rings is 1. The molecule has 1 amide bonds. The molecule has 1 saturated heterocycles. The summed E-state index contributed by atoms with van der Waals surface area (Å²) < 4.78 is 6.11. The minimum absolute atomic E-state index is 0.0150. The van der Waals surface area contributed by atoms with Crippen molar-refractivity contribution in [2.45, 2.75) is 59.2 Å². The lowest BCUT2D eigenvalue weighted by molar-refractivity contribution is -0.139. The van der Waals surface area contributed by atoms with Gasteiger partial charge in [-0.05, 0) is 75.4 Å². The van der Waals surface area contributed by atoms with Gasteiger partial charge in [-0.25, -0.2) is 0 Å². The van der Waals surface area contributed by atoms with Crippen LogP contribution >= 0.6 is 0 Å². The molecule has 0 radical (unpaired) electrons. The summed E-state index contributed by atoms with van der Waals surface area (Å²) in [6.45, 7) is 10.5. The number of aryl methyl sites for hydroxylation is 1. The summed E-state index contributed by atoms with van der Waals surface area (Å²) in [4.78, 5) is 22.3. The summed E-state index contributed by atoms with van der Waals surface area (Å²) in [6, 6.07) is 14.6. The smallest absolute Gasteiger partial charge is 0.263 e. The molecule has 0 spiro atoms. The highest BCUT2D eigenvalue weighted by molar-refractivity contribution is 5.81. The fourth-order valence-corrected chi connectivity index (χ4v) is 4.79. The topological polar surface area (TPSA) is 71.7 Å². The summed E-state index contributed by atoms with van der Waals surface area (Å²) >= 11 is 0. The second kappa shape index (κ2) is 10.0. The number of anilines is 1. The Labute approximate surface area is 202 Å². The number of piperidine rings is 1. The first-order chi connectivity index (χ1) is 16.2. The maximum atomic E-state index is 13.1. The molecule has 2 heterocycles. The van der Waals surface area contributed by atoms with Crippen molar-refractivity contribution >= 4 is 22.5 Å². The number of carbonyl (C=O) groups excluding carboxylic acids is 1. The minimum Gasteiger partial charge on any atom is -0.481 e. The quantitative estimate of drug-likeness (QED) is 0.543. The second-order valence-electron chi connectivity index (χ2n) is 9.57. The number of ether oxygens (including phenoxy) is 1. The fourth-order valence-electron chi connectivity index (χ4n) is 4.79. The Morgan fingerprint density at radius 3 is 2.59 bits per heavy atom. The van der Waals surface area contributed by atoms with Gasteiger partial charge in [0.15, 0.2) is 6.10 Å². The van der Waals surface area contributed by atoms with Crippen LogP contribution in [0, 0.1) is 20.8 Å². The summed E-state index contributed by atoms with van der Waals surface area (Å²) in [5.74, 6) is 0.748. The van der Waals surface area contributed by atoms with Crippen molar-refractivity contribution in [2.75, 3.05) is 25.9 Å². The van der Waals surface area contributed by atoms with Crippen LogP contribution in [0.4, 0.5) is 5.69 Å². The zero-order valence-electron chi connectivity index (χ0n) is 21.0. The Morgan fingerprint density at radius 1 is 1.15 bits per heavy atom. The van der Waals surface area contributed by atoms with Gasteiger partial charge in [0, 0.05) is 43.8 Å². The maximum Gasteiger partial charge on any atom is 0.263 e. The summed E-state index contributed by atoms with van der Waals surface area (Å²) in [7, 11) is 1.90. The highest BCUT2D eigenvalue weighted by Crippen LogP contribution is 2.30. The molecule has 6 heteroatoms. The standard InChI is InChI=1S/C28H36N4O2/c1-18-16-26(19(2)20(3)27(18)29)34-21(4)28(33)31(5)24-12-14-32(15-13-24)17-23-11-10-22-8-6-7-9-25(22)30-23/h6-11,16,21,24H,12-15,17,29H2,1-5H3. The highest BCUT2D eigenvalue weighted by atomic mass is 16.5. The van der Waals surface area contributed by atoms with E-state index in [-0.39, 0.29) is 11.9 Å². The van der Waals surface area contributed by atoms with Crippen molar-refractivity contribution in [3.8, 4) is 5.75 Å². The molecule has 1 unspecified atom stereocenters. The van der Waals surface area contributed by atoms with E-state index < -0.39 is 6.10 Å². The number of rotatable bonds is 6. The van der Waals surface area contributed by atoms with Crippen LogP contribution in [0.3, 0.4) is 0 Å². The number of amides is 1. The van der Waals surface area contributed by atoms with E-state index >= 15 is 0 Å². The van der Waals surface area contributed by atoms with Gasteiger partial charge in [0.25, 0.3) is 5.91 Å². The third kappa shape index (κ3) is 5.02. The first kappa shape index (κ1) is 24.0. The van der Waals surface area contributed by atoms with E-state index in [4.69, 9.17) is 15.5 Å². The van der Waals surface area contributed by atoms with Gasteiger partial charge in [0.2, 0.25) is 0 Å². The van der Waals surface area contributed by atoms with Gasteiger partial charge in [-0.3, -0.25) is 14.7 Å². The first-order valence-electron chi connectivity index (χ1n) is 12.1. The molecule has 4 rings (SSSR count). The van der Waals surface area contributed by atoms with Gasteiger partial charge in [-0.15, -0.1) is 0 Å². The lowest BCUT2D eigenvalue weighted by Crippen LogP contribution is -2.48. The van der Waals surface area contributed by atoms with Crippen LogP contribution < -0.4 is 10.5 Å². The van der Waals surface area contributed by atoms with Crippen molar-refractivity contribution in [2.24, 2.45) is 0 Å². The van der Waals surface area contributed by atoms with E-state index in [0.717, 1.165) is 71.8 Å².